The molecule has 0 saturated heterocycles. The van der Waals surface area contributed by atoms with Crippen LogP contribution in [0.4, 0.5) is 5.69 Å². The highest BCUT2D eigenvalue weighted by Crippen LogP contribution is 2.42. The van der Waals surface area contributed by atoms with Gasteiger partial charge in [0.15, 0.2) is 5.43 Å². The lowest BCUT2D eigenvalue weighted by atomic mass is 9.97. The minimum atomic E-state index is -0.611. The molecule has 5 heteroatoms. The zero-order valence-corrected chi connectivity index (χ0v) is 20.3. The summed E-state index contributed by atoms with van der Waals surface area (Å²) in [6.07, 6.45) is 3.22. The number of carbonyl (C=O) groups is 1. The fraction of sp³-hybridized carbons (Fsp3) is 0.267. The first-order valence-electron chi connectivity index (χ1n) is 12.2. The number of rotatable bonds is 7. The summed E-state index contributed by atoms with van der Waals surface area (Å²) in [6, 6.07) is 20.3. The summed E-state index contributed by atoms with van der Waals surface area (Å²) in [7, 11) is 0. The van der Waals surface area contributed by atoms with Crippen LogP contribution in [0.15, 0.2) is 75.9 Å². The van der Waals surface area contributed by atoms with Gasteiger partial charge >= 0.3 is 0 Å². The maximum atomic E-state index is 13.8. The minimum Gasteiger partial charge on any atom is -0.494 e. The molecule has 1 aromatic heterocycles. The zero-order valence-electron chi connectivity index (χ0n) is 20.3. The molecule has 2 heterocycles. The van der Waals surface area contributed by atoms with E-state index in [4.69, 9.17) is 9.15 Å². The number of benzene rings is 3. The molecule has 35 heavy (non-hydrogen) atoms. The quantitative estimate of drug-likeness (QED) is 0.283. The van der Waals surface area contributed by atoms with E-state index in [-0.39, 0.29) is 17.1 Å². The van der Waals surface area contributed by atoms with Crippen LogP contribution >= 0.6 is 0 Å². The van der Waals surface area contributed by atoms with Crippen molar-refractivity contribution in [3.63, 3.8) is 0 Å². The van der Waals surface area contributed by atoms with E-state index < -0.39 is 6.04 Å². The lowest BCUT2D eigenvalue weighted by Gasteiger charge is -2.26. The van der Waals surface area contributed by atoms with E-state index in [0.29, 0.717) is 23.1 Å². The molecule has 178 valence electrons. The molecule has 1 aliphatic heterocycles. The number of anilines is 1. The number of amides is 1. The van der Waals surface area contributed by atoms with Gasteiger partial charge in [-0.3, -0.25) is 14.5 Å². The molecule has 1 amide bonds. The molecular formula is C30H29NO4. The fourth-order valence-corrected chi connectivity index (χ4v) is 4.76. The number of unbranched alkanes of at least 4 members (excludes halogenated alkanes) is 2. The van der Waals surface area contributed by atoms with Crippen LogP contribution in [0.2, 0.25) is 0 Å². The van der Waals surface area contributed by atoms with E-state index in [1.54, 1.807) is 11.0 Å². The maximum Gasteiger partial charge on any atom is 0.295 e. The van der Waals surface area contributed by atoms with Gasteiger partial charge in [-0.25, -0.2) is 0 Å². The number of nitrogens with zero attached hydrogens (tertiary/aromatic N) is 1. The smallest absolute Gasteiger partial charge is 0.295 e. The third-order valence-electron chi connectivity index (χ3n) is 6.50. The second-order valence-electron chi connectivity index (χ2n) is 9.22. The average molecular weight is 468 g/mol. The van der Waals surface area contributed by atoms with Crippen LogP contribution in [0.3, 0.4) is 0 Å². The number of fused-ring (bicyclic) bond motifs is 2. The minimum absolute atomic E-state index is 0.104. The van der Waals surface area contributed by atoms with Gasteiger partial charge in [0, 0.05) is 5.69 Å². The number of hydrogen-bond donors (Lipinski definition) is 0. The second kappa shape index (κ2) is 9.41. The standard InChI is InChI=1S/C30H29NO4/c1-4-5-6-15-34-23-12-8-10-21(18-23)27-26-28(32)24-17-20(3)13-14-25(24)35-29(26)30(33)31(27)22-11-7-9-19(2)16-22/h7-14,16-18,27H,4-6,15H2,1-3H3. The van der Waals surface area contributed by atoms with Gasteiger partial charge in [0.25, 0.3) is 5.91 Å². The Kier molecular flexibility index (Phi) is 6.16. The zero-order chi connectivity index (χ0) is 24.5. The van der Waals surface area contributed by atoms with E-state index in [2.05, 4.69) is 6.92 Å². The molecule has 4 aromatic rings. The highest BCUT2D eigenvalue weighted by molar-refractivity contribution is 6.10. The normalized spacial score (nSPS) is 15.0. The van der Waals surface area contributed by atoms with Crippen molar-refractivity contribution in [3.8, 4) is 5.75 Å². The number of carbonyl (C=O) groups excluding carboxylic acids is 1. The summed E-state index contributed by atoms with van der Waals surface area (Å²) in [5.74, 6) is 0.515. The predicted octanol–water partition coefficient (Wildman–Crippen LogP) is 6.73. The van der Waals surface area contributed by atoms with Crippen molar-refractivity contribution in [1.82, 2.24) is 0 Å². The van der Waals surface area contributed by atoms with Gasteiger partial charge in [0.1, 0.15) is 11.3 Å². The monoisotopic (exact) mass is 467 g/mol. The van der Waals surface area contributed by atoms with E-state index in [1.807, 2.05) is 74.5 Å². The summed E-state index contributed by atoms with van der Waals surface area (Å²) in [4.78, 5) is 29.2. The molecule has 0 bridgehead atoms. The lowest BCUT2D eigenvalue weighted by Crippen LogP contribution is -2.29. The molecule has 5 rings (SSSR count). The van der Waals surface area contributed by atoms with E-state index in [1.165, 1.54) is 0 Å². The Morgan fingerprint density at radius 1 is 0.914 bits per heavy atom. The van der Waals surface area contributed by atoms with Crippen molar-refractivity contribution in [1.29, 1.82) is 0 Å². The molecule has 1 atom stereocenters. The average Bonchev–Trinajstić information content (AvgIpc) is 3.15. The van der Waals surface area contributed by atoms with Gasteiger partial charge in [-0.1, -0.05) is 55.7 Å². The number of aryl methyl sites for hydroxylation is 2. The molecule has 0 saturated carbocycles. The Labute approximate surface area is 205 Å². The van der Waals surface area contributed by atoms with Crippen molar-refractivity contribution in [2.24, 2.45) is 0 Å². The molecule has 1 unspecified atom stereocenters. The first-order chi connectivity index (χ1) is 17.0. The summed E-state index contributed by atoms with van der Waals surface area (Å²) in [5, 5.41) is 0.486. The van der Waals surface area contributed by atoms with Crippen LogP contribution in [0.25, 0.3) is 11.0 Å². The van der Waals surface area contributed by atoms with Crippen molar-refractivity contribution in [2.45, 2.75) is 46.1 Å². The highest BCUT2D eigenvalue weighted by Gasteiger charge is 2.43. The molecule has 0 fully saturated rings. The van der Waals surface area contributed by atoms with Crippen LogP contribution in [-0.4, -0.2) is 12.5 Å². The number of ether oxygens (including phenoxy) is 1. The van der Waals surface area contributed by atoms with Crippen LogP contribution in [0.5, 0.6) is 5.75 Å². The second-order valence-corrected chi connectivity index (χ2v) is 9.22. The summed E-state index contributed by atoms with van der Waals surface area (Å²) in [5.41, 5.74) is 4.14. The number of hydrogen-bond acceptors (Lipinski definition) is 4. The van der Waals surface area contributed by atoms with Crippen molar-refractivity contribution >= 4 is 22.6 Å². The predicted molar refractivity (Wildman–Crippen MR) is 139 cm³/mol. The first kappa shape index (κ1) is 22.9. The Morgan fingerprint density at radius 3 is 2.51 bits per heavy atom. The maximum absolute atomic E-state index is 13.8. The Hall–Kier alpha value is -3.86. The van der Waals surface area contributed by atoms with Gasteiger partial charge < -0.3 is 9.15 Å². The molecule has 0 spiro atoms. The molecule has 0 aliphatic carbocycles. The largest absolute Gasteiger partial charge is 0.494 e. The lowest BCUT2D eigenvalue weighted by molar-refractivity contribution is 0.0971. The van der Waals surface area contributed by atoms with Crippen LogP contribution in [0, 0.1) is 13.8 Å². The van der Waals surface area contributed by atoms with Gasteiger partial charge in [-0.15, -0.1) is 0 Å². The molecule has 3 aromatic carbocycles. The third kappa shape index (κ3) is 4.23. The van der Waals surface area contributed by atoms with Crippen LogP contribution in [0.1, 0.15) is 65.0 Å². The summed E-state index contributed by atoms with van der Waals surface area (Å²) in [6.45, 7) is 6.71. The Balaban J connectivity index is 1.68. The molecule has 1 aliphatic rings. The van der Waals surface area contributed by atoms with Gasteiger partial charge in [0.2, 0.25) is 5.76 Å². The van der Waals surface area contributed by atoms with E-state index in [9.17, 15) is 9.59 Å². The Morgan fingerprint density at radius 2 is 1.71 bits per heavy atom. The summed E-state index contributed by atoms with van der Waals surface area (Å²) >= 11 is 0. The van der Waals surface area contributed by atoms with Crippen LogP contribution in [-0.2, 0) is 0 Å². The molecule has 0 N–H and O–H groups in total. The SMILES string of the molecule is CCCCCOc1cccc(C2c3c(oc4ccc(C)cc4c3=O)C(=O)N2c2cccc(C)c2)c1. The molecular weight excluding hydrogens is 438 g/mol. The van der Waals surface area contributed by atoms with Crippen LogP contribution < -0.4 is 15.1 Å². The Bertz CT molecular complexity index is 1470. The van der Waals surface area contributed by atoms with Gasteiger partial charge in [-0.2, -0.15) is 0 Å². The fourth-order valence-electron chi connectivity index (χ4n) is 4.76. The van der Waals surface area contributed by atoms with Gasteiger partial charge in [-0.05, 0) is 67.8 Å². The third-order valence-corrected chi connectivity index (χ3v) is 6.50. The topological polar surface area (TPSA) is 59.8 Å². The first-order valence-corrected chi connectivity index (χ1v) is 12.2. The van der Waals surface area contributed by atoms with Crippen molar-refractivity contribution < 1.29 is 13.9 Å². The van der Waals surface area contributed by atoms with Gasteiger partial charge in [0.05, 0.1) is 23.6 Å². The van der Waals surface area contributed by atoms with Crippen molar-refractivity contribution in [2.75, 3.05) is 11.5 Å². The van der Waals surface area contributed by atoms with E-state index >= 15 is 0 Å². The molecule has 5 nitrogen and oxygen atoms in total. The van der Waals surface area contributed by atoms with Crippen molar-refractivity contribution in [3.05, 3.63) is 105 Å². The highest BCUT2D eigenvalue weighted by atomic mass is 16.5. The van der Waals surface area contributed by atoms with E-state index in [0.717, 1.165) is 47.4 Å². The summed E-state index contributed by atoms with van der Waals surface area (Å²) < 4.78 is 12.1. The molecule has 0 radical (unpaired) electrons.